The van der Waals surface area contributed by atoms with Crippen molar-refractivity contribution in [2.75, 3.05) is 25.7 Å². The van der Waals surface area contributed by atoms with E-state index in [1.165, 1.54) is 23.4 Å². The molecule has 0 saturated heterocycles. The molecular formula is C16H17FN2O2. The Morgan fingerprint density at radius 2 is 1.81 bits per heavy atom. The van der Waals surface area contributed by atoms with E-state index in [2.05, 4.69) is 9.88 Å². The van der Waals surface area contributed by atoms with Crippen molar-refractivity contribution in [3.8, 4) is 11.5 Å². The summed E-state index contributed by atoms with van der Waals surface area (Å²) >= 11 is 0. The van der Waals surface area contributed by atoms with Gasteiger partial charge in [-0.15, -0.1) is 0 Å². The van der Waals surface area contributed by atoms with Crippen molar-refractivity contribution in [2.45, 2.75) is 13.0 Å². The van der Waals surface area contributed by atoms with Crippen molar-refractivity contribution in [3.05, 3.63) is 47.5 Å². The van der Waals surface area contributed by atoms with E-state index in [9.17, 15) is 4.39 Å². The zero-order chi connectivity index (χ0) is 14.8. The molecule has 0 unspecified atom stereocenters. The molecule has 1 aromatic heterocycles. The number of hydrogen-bond acceptors (Lipinski definition) is 4. The summed E-state index contributed by atoms with van der Waals surface area (Å²) in [6.45, 7) is 1.56. The quantitative estimate of drug-likeness (QED) is 0.813. The summed E-state index contributed by atoms with van der Waals surface area (Å²) < 4.78 is 23.9. The Balaban J connectivity index is 1.91. The van der Waals surface area contributed by atoms with Crippen LogP contribution in [-0.4, -0.2) is 25.7 Å². The summed E-state index contributed by atoms with van der Waals surface area (Å²) in [7, 11) is 3.27. The molecule has 3 rings (SSSR count). The lowest BCUT2D eigenvalue weighted by atomic mass is 9.98. The number of methoxy groups -OCH3 is 2. The van der Waals surface area contributed by atoms with E-state index in [0.29, 0.717) is 0 Å². The first-order chi connectivity index (χ1) is 10.2. The van der Waals surface area contributed by atoms with Gasteiger partial charge in [0.1, 0.15) is 0 Å². The molecule has 21 heavy (non-hydrogen) atoms. The van der Waals surface area contributed by atoms with Gasteiger partial charge in [0, 0.05) is 31.0 Å². The third-order valence-electron chi connectivity index (χ3n) is 3.79. The molecule has 4 nitrogen and oxygen atoms in total. The molecule has 0 amide bonds. The molecule has 0 aliphatic carbocycles. The zero-order valence-corrected chi connectivity index (χ0v) is 12.1. The summed E-state index contributed by atoms with van der Waals surface area (Å²) in [5.41, 5.74) is 3.28. The smallest absolute Gasteiger partial charge is 0.214 e. The second kappa shape index (κ2) is 5.60. The van der Waals surface area contributed by atoms with Gasteiger partial charge in [0.05, 0.1) is 14.2 Å². The van der Waals surface area contributed by atoms with Crippen LogP contribution in [0.5, 0.6) is 11.5 Å². The Hall–Kier alpha value is -2.30. The third-order valence-corrected chi connectivity index (χ3v) is 3.79. The lowest BCUT2D eigenvalue weighted by Crippen LogP contribution is -2.30. The number of aromatic nitrogens is 1. The topological polar surface area (TPSA) is 34.6 Å². The highest BCUT2D eigenvalue weighted by molar-refractivity contribution is 5.53. The predicted octanol–water partition coefficient (Wildman–Crippen LogP) is 2.80. The van der Waals surface area contributed by atoms with Gasteiger partial charge in [-0.05, 0) is 35.7 Å². The van der Waals surface area contributed by atoms with Crippen molar-refractivity contribution in [1.82, 2.24) is 4.98 Å². The molecule has 0 saturated carbocycles. The van der Waals surface area contributed by atoms with E-state index >= 15 is 0 Å². The van der Waals surface area contributed by atoms with Gasteiger partial charge in [0.2, 0.25) is 5.95 Å². The molecule has 0 radical (unpaired) electrons. The number of rotatable bonds is 3. The predicted molar refractivity (Wildman–Crippen MR) is 78.5 cm³/mol. The Labute approximate surface area is 123 Å². The van der Waals surface area contributed by atoms with Crippen molar-refractivity contribution in [1.29, 1.82) is 0 Å². The number of hydrogen-bond donors (Lipinski definition) is 0. The van der Waals surface area contributed by atoms with Gasteiger partial charge in [0.15, 0.2) is 11.5 Å². The van der Waals surface area contributed by atoms with Gasteiger partial charge < -0.3 is 14.4 Å². The number of pyridine rings is 1. The summed E-state index contributed by atoms with van der Waals surface area (Å²) in [6, 6.07) is 7.32. The number of anilines is 1. The van der Waals surface area contributed by atoms with Gasteiger partial charge in [-0.1, -0.05) is 0 Å². The van der Waals surface area contributed by atoms with E-state index in [1.807, 2.05) is 18.2 Å². The van der Waals surface area contributed by atoms with Crippen LogP contribution >= 0.6 is 0 Å². The molecule has 0 spiro atoms. The second-order valence-corrected chi connectivity index (χ2v) is 4.98. The average Bonchev–Trinajstić information content (AvgIpc) is 2.53. The van der Waals surface area contributed by atoms with Crippen LogP contribution < -0.4 is 14.4 Å². The van der Waals surface area contributed by atoms with Crippen molar-refractivity contribution in [3.63, 3.8) is 0 Å². The molecule has 2 heterocycles. The average molecular weight is 288 g/mol. The fourth-order valence-electron chi connectivity index (χ4n) is 2.69. The second-order valence-electron chi connectivity index (χ2n) is 4.98. The molecule has 1 aliphatic heterocycles. The highest BCUT2D eigenvalue weighted by atomic mass is 19.1. The highest BCUT2D eigenvalue weighted by Gasteiger charge is 2.20. The maximum atomic E-state index is 13.3. The van der Waals surface area contributed by atoms with Crippen LogP contribution in [0.25, 0.3) is 0 Å². The van der Waals surface area contributed by atoms with Gasteiger partial charge in [-0.25, -0.2) is 4.98 Å². The normalized spacial score (nSPS) is 13.8. The lowest BCUT2D eigenvalue weighted by molar-refractivity contribution is 0.353. The number of halogens is 1. The monoisotopic (exact) mass is 288 g/mol. The molecule has 5 heteroatoms. The highest BCUT2D eigenvalue weighted by Crippen LogP contribution is 2.34. The Morgan fingerprint density at radius 1 is 1.10 bits per heavy atom. The number of ether oxygens (including phenoxy) is 2. The van der Waals surface area contributed by atoms with Crippen molar-refractivity contribution >= 4 is 5.69 Å². The van der Waals surface area contributed by atoms with Gasteiger partial charge in [-0.2, -0.15) is 4.39 Å². The summed E-state index contributed by atoms with van der Waals surface area (Å²) in [5, 5.41) is 0. The van der Waals surface area contributed by atoms with Crippen LogP contribution in [-0.2, 0) is 13.0 Å². The van der Waals surface area contributed by atoms with Crippen molar-refractivity contribution < 1.29 is 13.9 Å². The maximum Gasteiger partial charge on any atom is 0.214 e. The van der Waals surface area contributed by atoms with E-state index in [0.717, 1.165) is 36.7 Å². The minimum absolute atomic E-state index is 0.453. The third kappa shape index (κ3) is 2.63. The molecule has 0 bridgehead atoms. The van der Waals surface area contributed by atoms with E-state index in [-0.39, 0.29) is 0 Å². The summed E-state index contributed by atoms with van der Waals surface area (Å²) in [6.07, 6.45) is 2.38. The summed E-state index contributed by atoms with van der Waals surface area (Å²) in [4.78, 5) is 5.74. The standard InChI is InChI=1S/C16H17FN2O2/c1-20-14-7-11-4-6-19(10-12(11)8-15(14)21-2)13-3-5-18-16(17)9-13/h3,5,7-9H,4,6,10H2,1-2H3. The van der Waals surface area contributed by atoms with Gasteiger partial charge in [0.25, 0.3) is 0 Å². The van der Waals surface area contributed by atoms with E-state index in [4.69, 9.17) is 9.47 Å². The molecular weight excluding hydrogens is 271 g/mol. The minimum atomic E-state index is -0.453. The Kier molecular flexibility index (Phi) is 3.64. The van der Waals surface area contributed by atoms with Crippen LogP contribution in [0, 0.1) is 5.95 Å². The molecule has 0 fully saturated rings. The SMILES string of the molecule is COc1cc2c(cc1OC)CN(c1ccnc(F)c1)CC2. The fourth-order valence-corrected chi connectivity index (χ4v) is 2.69. The van der Waals surface area contributed by atoms with Crippen LogP contribution in [0.4, 0.5) is 10.1 Å². The van der Waals surface area contributed by atoms with Crippen LogP contribution in [0.1, 0.15) is 11.1 Å². The first-order valence-electron chi connectivity index (χ1n) is 6.81. The summed E-state index contributed by atoms with van der Waals surface area (Å²) in [5.74, 6) is 1.02. The van der Waals surface area contributed by atoms with Crippen LogP contribution in [0.3, 0.4) is 0 Å². The molecule has 110 valence electrons. The Bertz CT molecular complexity index is 661. The first-order valence-corrected chi connectivity index (χ1v) is 6.81. The Morgan fingerprint density at radius 3 is 2.48 bits per heavy atom. The van der Waals surface area contributed by atoms with Gasteiger partial charge in [-0.3, -0.25) is 0 Å². The van der Waals surface area contributed by atoms with E-state index < -0.39 is 5.95 Å². The first kappa shape index (κ1) is 13.7. The zero-order valence-electron chi connectivity index (χ0n) is 12.1. The molecule has 0 N–H and O–H groups in total. The molecule has 2 aromatic rings. The maximum absolute atomic E-state index is 13.3. The minimum Gasteiger partial charge on any atom is -0.493 e. The van der Waals surface area contributed by atoms with E-state index in [1.54, 1.807) is 14.2 Å². The number of nitrogens with zero attached hydrogens (tertiary/aromatic N) is 2. The van der Waals surface area contributed by atoms with Crippen molar-refractivity contribution in [2.24, 2.45) is 0 Å². The lowest BCUT2D eigenvalue weighted by Gasteiger charge is -2.31. The molecule has 0 atom stereocenters. The molecule has 1 aliphatic rings. The number of fused-ring (bicyclic) bond motifs is 1. The van der Waals surface area contributed by atoms with Crippen LogP contribution in [0.2, 0.25) is 0 Å². The van der Waals surface area contributed by atoms with Crippen LogP contribution in [0.15, 0.2) is 30.5 Å². The fraction of sp³-hybridized carbons (Fsp3) is 0.312. The molecule has 1 aromatic carbocycles. The number of benzene rings is 1. The largest absolute Gasteiger partial charge is 0.493 e. The van der Waals surface area contributed by atoms with Gasteiger partial charge >= 0.3 is 0 Å².